The summed E-state index contributed by atoms with van der Waals surface area (Å²) < 4.78 is 0. The van der Waals surface area contributed by atoms with Crippen LogP contribution in [0.25, 0.3) is 0 Å². The Bertz CT molecular complexity index is 1010. The highest BCUT2D eigenvalue weighted by atomic mass is 16.2. The van der Waals surface area contributed by atoms with E-state index in [-0.39, 0.29) is 11.9 Å². The number of amides is 3. The Kier molecular flexibility index (Phi) is 6.09. The molecule has 1 heterocycles. The highest BCUT2D eigenvalue weighted by Gasteiger charge is 2.31. The second-order valence-corrected chi connectivity index (χ2v) is 7.35. The summed E-state index contributed by atoms with van der Waals surface area (Å²) in [6.07, 6.45) is 1.56. The molecule has 0 aliphatic carbocycles. The molecule has 0 saturated heterocycles. The first kappa shape index (κ1) is 19.7. The molecule has 0 radical (unpaired) electrons. The molecule has 5 heteroatoms. The van der Waals surface area contributed by atoms with Crippen molar-refractivity contribution >= 4 is 17.6 Å². The molecule has 30 heavy (non-hydrogen) atoms. The maximum absolute atomic E-state index is 13.4. The van der Waals surface area contributed by atoms with Gasteiger partial charge in [0.15, 0.2) is 0 Å². The summed E-state index contributed by atoms with van der Waals surface area (Å²) in [5.41, 5.74) is 4.01. The third kappa shape index (κ3) is 4.51. The van der Waals surface area contributed by atoms with Gasteiger partial charge < -0.3 is 15.5 Å². The SMILES string of the molecule is O=C(NCCc1ccccc1)N[C@@H](C(=O)N1CCc2ccccc21)c1ccccc1. The summed E-state index contributed by atoms with van der Waals surface area (Å²) in [7, 11) is 0. The normalized spacial score (nSPS) is 13.4. The van der Waals surface area contributed by atoms with E-state index in [0.717, 1.165) is 35.2 Å². The van der Waals surface area contributed by atoms with Crippen molar-refractivity contribution in [3.63, 3.8) is 0 Å². The van der Waals surface area contributed by atoms with Gasteiger partial charge in [-0.15, -0.1) is 0 Å². The summed E-state index contributed by atoms with van der Waals surface area (Å²) >= 11 is 0. The third-order valence-corrected chi connectivity index (χ3v) is 5.35. The topological polar surface area (TPSA) is 61.4 Å². The zero-order valence-electron chi connectivity index (χ0n) is 16.8. The first-order valence-corrected chi connectivity index (χ1v) is 10.2. The predicted octanol–water partition coefficient (Wildman–Crippen LogP) is 3.86. The van der Waals surface area contributed by atoms with E-state index in [9.17, 15) is 9.59 Å². The highest BCUT2D eigenvalue weighted by Crippen LogP contribution is 2.30. The largest absolute Gasteiger partial charge is 0.338 e. The lowest BCUT2D eigenvalue weighted by atomic mass is 10.1. The fourth-order valence-corrected chi connectivity index (χ4v) is 3.80. The van der Waals surface area contributed by atoms with Gasteiger partial charge >= 0.3 is 6.03 Å². The minimum Gasteiger partial charge on any atom is -0.338 e. The van der Waals surface area contributed by atoms with Crippen LogP contribution in [0, 0.1) is 0 Å². The van der Waals surface area contributed by atoms with E-state index in [4.69, 9.17) is 0 Å². The van der Waals surface area contributed by atoms with Crippen LogP contribution in [-0.2, 0) is 17.6 Å². The number of carbonyl (C=O) groups is 2. The maximum atomic E-state index is 13.4. The Labute approximate surface area is 176 Å². The number of hydrogen-bond acceptors (Lipinski definition) is 2. The lowest BCUT2D eigenvalue weighted by Crippen LogP contribution is -2.46. The first-order chi connectivity index (χ1) is 14.7. The van der Waals surface area contributed by atoms with E-state index in [1.807, 2.05) is 84.9 Å². The van der Waals surface area contributed by atoms with Crippen LogP contribution < -0.4 is 15.5 Å². The Morgan fingerprint density at radius 3 is 2.30 bits per heavy atom. The Morgan fingerprint density at radius 2 is 1.53 bits per heavy atom. The molecule has 0 unspecified atom stereocenters. The van der Waals surface area contributed by atoms with Gasteiger partial charge in [-0.3, -0.25) is 4.79 Å². The van der Waals surface area contributed by atoms with Crippen molar-refractivity contribution in [1.29, 1.82) is 0 Å². The summed E-state index contributed by atoms with van der Waals surface area (Å²) in [6.45, 7) is 1.12. The monoisotopic (exact) mass is 399 g/mol. The molecule has 3 aromatic rings. The van der Waals surface area contributed by atoms with Crippen molar-refractivity contribution < 1.29 is 9.59 Å². The number of benzene rings is 3. The van der Waals surface area contributed by atoms with Gasteiger partial charge in [-0.1, -0.05) is 78.9 Å². The van der Waals surface area contributed by atoms with Gasteiger partial charge in [-0.2, -0.15) is 0 Å². The molecular formula is C25H25N3O2. The van der Waals surface area contributed by atoms with E-state index in [0.29, 0.717) is 13.1 Å². The van der Waals surface area contributed by atoms with Gasteiger partial charge in [-0.25, -0.2) is 4.79 Å². The van der Waals surface area contributed by atoms with Gasteiger partial charge in [0.25, 0.3) is 5.91 Å². The number of rotatable bonds is 6. The van der Waals surface area contributed by atoms with Gasteiger partial charge in [0, 0.05) is 18.8 Å². The zero-order valence-corrected chi connectivity index (χ0v) is 16.8. The zero-order chi connectivity index (χ0) is 20.8. The quantitative estimate of drug-likeness (QED) is 0.661. The van der Waals surface area contributed by atoms with Gasteiger partial charge in [-0.05, 0) is 35.6 Å². The molecule has 152 valence electrons. The Hall–Kier alpha value is -3.60. The summed E-state index contributed by atoms with van der Waals surface area (Å²) in [5, 5.41) is 5.76. The van der Waals surface area contributed by atoms with Crippen LogP contribution >= 0.6 is 0 Å². The predicted molar refractivity (Wildman–Crippen MR) is 118 cm³/mol. The third-order valence-electron chi connectivity index (χ3n) is 5.35. The standard InChI is InChI=1S/C25H25N3O2/c29-24(28-18-16-20-11-7-8-14-22(20)28)23(21-12-5-2-6-13-21)27-25(30)26-17-15-19-9-3-1-4-10-19/h1-14,23H,15-18H2,(H2,26,27,30)/t23-/m1/s1. The number of fused-ring (bicyclic) bond motifs is 1. The van der Waals surface area contributed by atoms with Crippen LogP contribution in [-0.4, -0.2) is 25.0 Å². The van der Waals surface area contributed by atoms with Gasteiger partial charge in [0.1, 0.15) is 6.04 Å². The molecule has 0 spiro atoms. The lowest BCUT2D eigenvalue weighted by molar-refractivity contribution is -0.120. The van der Waals surface area contributed by atoms with E-state index in [1.54, 1.807) is 4.90 Å². The van der Waals surface area contributed by atoms with Crippen LogP contribution in [0.5, 0.6) is 0 Å². The molecule has 2 N–H and O–H groups in total. The summed E-state index contributed by atoms with van der Waals surface area (Å²) in [6, 6.07) is 26.2. The van der Waals surface area contributed by atoms with Crippen LogP contribution in [0.2, 0.25) is 0 Å². The number of nitrogens with one attached hydrogen (secondary N) is 2. The van der Waals surface area contributed by atoms with E-state index >= 15 is 0 Å². The average molecular weight is 399 g/mol. The van der Waals surface area contributed by atoms with E-state index in [1.165, 1.54) is 0 Å². The molecule has 0 bridgehead atoms. The van der Waals surface area contributed by atoms with Crippen LogP contribution in [0.3, 0.4) is 0 Å². The number of nitrogens with zero attached hydrogens (tertiary/aromatic N) is 1. The van der Waals surface area contributed by atoms with Crippen molar-refractivity contribution in [2.75, 3.05) is 18.0 Å². The van der Waals surface area contributed by atoms with Gasteiger partial charge in [0.2, 0.25) is 0 Å². The fraction of sp³-hybridized carbons (Fsp3) is 0.200. The molecule has 4 rings (SSSR count). The second kappa shape index (κ2) is 9.27. The molecule has 0 saturated carbocycles. The van der Waals surface area contributed by atoms with E-state index in [2.05, 4.69) is 10.6 Å². The molecule has 1 atom stereocenters. The molecule has 1 aliphatic rings. The molecule has 0 aromatic heterocycles. The Morgan fingerprint density at radius 1 is 0.867 bits per heavy atom. The van der Waals surface area contributed by atoms with Crippen LogP contribution in [0.4, 0.5) is 10.5 Å². The number of hydrogen-bond donors (Lipinski definition) is 2. The van der Waals surface area contributed by atoms with E-state index < -0.39 is 6.04 Å². The minimum atomic E-state index is -0.742. The highest BCUT2D eigenvalue weighted by molar-refractivity contribution is 6.01. The molecule has 1 aliphatic heterocycles. The van der Waals surface area contributed by atoms with Crippen LogP contribution in [0.1, 0.15) is 22.7 Å². The number of para-hydroxylation sites is 1. The van der Waals surface area contributed by atoms with Gasteiger partial charge in [0.05, 0.1) is 0 Å². The maximum Gasteiger partial charge on any atom is 0.315 e. The van der Waals surface area contributed by atoms with Crippen molar-refractivity contribution in [1.82, 2.24) is 10.6 Å². The smallest absolute Gasteiger partial charge is 0.315 e. The van der Waals surface area contributed by atoms with Crippen molar-refractivity contribution in [2.24, 2.45) is 0 Å². The number of anilines is 1. The summed E-state index contributed by atoms with van der Waals surface area (Å²) in [4.78, 5) is 27.8. The number of urea groups is 1. The summed E-state index contributed by atoms with van der Waals surface area (Å²) in [5.74, 6) is -0.121. The fourth-order valence-electron chi connectivity index (χ4n) is 3.80. The Balaban J connectivity index is 1.45. The second-order valence-electron chi connectivity index (χ2n) is 7.35. The number of carbonyl (C=O) groups excluding carboxylic acids is 2. The van der Waals surface area contributed by atoms with Crippen molar-refractivity contribution in [2.45, 2.75) is 18.9 Å². The first-order valence-electron chi connectivity index (χ1n) is 10.2. The molecule has 0 fully saturated rings. The van der Waals surface area contributed by atoms with Crippen molar-refractivity contribution in [3.8, 4) is 0 Å². The molecular weight excluding hydrogens is 374 g/mol. The average Bonchev–Trinajstić information content (AvgIpc) is 3.22. The van der Waals surface area contributed by atoms with Crippen LogP contribution in [0.15, 0.2) is 84.9 Å². The molecule has 3 amide bonds. The molecule has 3 aromatic carbocycles. The molecule has 5 nitrogen and oxygen atoms in total. The lowest BCUT2D eigenvalue weighted by Gasteiger charge is -2.25. The van der Waals surface area contributed by atoms with Crippen molar-refractivity contribution in [3.05, 3.63) is 102 Å². The minimum absolute atomic E-state index is 0.121.